The highest BCUT2D eigenvalue weighted by Gasteiger charge is 2.23. The van der Waals surface area contributed by atoms with Crippen molar-refractivity contribution in [1.29, 1.82) is 0 Å². The molecule has 3 aromatic rings. The summed E-state index contributed by atoms with van der Waals surface area (Å²) in [4.78, 5) is 32.5. The van der Waals surface area contributed by atoms with Gasteiger partial charge in [0.15, 0.2) is 5.13 Å². The first-order chi connectivity index (χ1) is 12.2. The lowest BCUT2D eigenvalue weighted by Crippen LogP contribution is -2.50. The van der Waals surface area contributed by atoms with Crippen LogP contribution in [0.4, 0.5) is 10.9 Å². The Morgan fingerprint density at radius 1 is 1.16 bits per heavy atom. The van der Waals surface area contributed by atoms with Crippen LogP contribution >= 0.6 is 22.7 Å². The SMILES string of the molecule is CN(C(=O)CN1CCN(c2ncnc3sccc23)CC1)c1nccs1. The fraction of sp³-hybridized carbons (Fsp3) is 0.375. The second kappa shape index (κ2) is 7.03. The minimum atomic E-state index is 0.0747. The van der Waals surface area contributed by atoms with E-state index in [-0.39, 0.29) is 5.91 Å². The standard InChI is InChI=1S/C16H18N6OS2/c1-20(16-17-3-9-25-16)13(23)10-21-4-6-22(7-5-21)14-12-2-8-24-15(12)19-11-18-14/h2-3,8-9,11H,4-7,10H2,1H3. The summed E-state index contributed by atoms with van der Waals surface area (Å²) in [5, 5.41) is 5.78. The van der Waals surface area contributed by atoms with Gasteiger partial charge in [-0.15, -0.1) is 22.7 Å². The number of rotatable bonds is 4. The topological polar surface area (TPSA) is 65.5 Å². The number of likely N-dealkylation sites (N-methyl/N-ethyl adjacent to an activating group) is 1. The Morgan fingerprint density at radius 3 is 2.76 bits per heavy atom. The van der Waals surface area contributed by atoms with E-state index in [0.29, 0.717) is 6.54 Å². The molecule has 130 valence electrons. The molecule has 1 aliphatic heterocycles. The summed E-state index contributed by atoms with van der Waals surface area (Å²) < 4.78 is 0. The van der Waals surface area contributed by atoms with E-state index in [1.54, 1.807) is 35.8 Å². The van der Waals surface area contributed by atoms with Crippen LogP contribution in [0.1, 0.15) is 0 Å². The zero-order valence-corrected chi connectivity index (χ0v) is 15.5. The number of thiophene rings is 1. The molecule has 0 aliphatic carbocycles. The average molecular weight is 374 g/mol. The first-order valence-corrected chi connectivity index (χ1v) is 9.80. The fourth-order valence-electron chi connectivity index (χ4n) is 2.93. The number of thiazole rings is 1. The molecule has 0 spiro atoms. The molecule has 1 aliphatic rings. The summed E-state index contributed by atoms with van der Waals surface area (Å²) in [5.41, 5.74) is 0. The van der Waals surface area contributed by atoms with Gasteiger partial charge in [-0.2, -0.15) is 0 Å². The molecule has 1 saturated heterocycles. The molecule has 0 radical (unpaired) electrons. The summed E-state index contributed by atoms with van der Waals surface area (Å²) in [7, 11) is 1.78. The van der Waals surface area contributed by atoms with Crippen molar-refractivity contribution < 1.29 is 4.79 Å². The van der Waals surface area contributed by atoms with Crippen LogP contribution in [0.15, 0.2) is 29.4 Å². The molecule has 25 heavy (non-hydrogen) atoms. The largest absolute Gasteiger partial charge is 0.353 e. The monoisotopic (exact) mass is 374 g/mol. The fourth-order valence-corrected chi connectivity index (χ4v) is 4.28. The van der Waals surface area contributed by atoms with Gasteiger partial charge in [0.05, 0.1) is 11.9 Å². The highest BCUT2D eigenvalue weighted by molar-refractivity contribution is 7.16. The smallest absolute Gasteiger partial charge is 0.242 e. The maximum Gasteiger partial charge on any atom is 0.242 e. The second-order valence-corrected chi connectivity index (χ2v) is 7.63. The predicted octanol–water partition coefficient (Wildman–Crippen LogP) is 1.93. The number of hydrogen-bond acceptors (Lipinski definition) is 8. The minimum absolute atomic E-state index is 0.0747. The normalized spacial score (nSPS) is 15.6. The zero-order valence-electron chi connectivity index (χ0n) is 13.8. The van der Waals surface area contributed by atoms with Crippen molar-refractivity contribution in [2.75, 3.05) is 49.6 Å². The summed E-state index contributed by atoms with van der Waals surface area (Å²) in [5.74, 6) is 1.07. The molecule has 0 aromatic carbocycles. The number of anilines is 2. The van der Waals surface area contributed by atoms with Gasteiger partial charge in [0.2, 0.25) is 5.91 Å². The lowest BCUT2D eigenvalue weighted by molar-refractivity contribution is -0.119. The van der Waals surface area contributed by atoms with Gasteiger partial charge in [0.25, 0.3) is 0 Å². The van der Waals surface area contributed by atoms with Crippen LogP contribution in [-0.2, 0) is 4.79 Å². The van der Waals surface area contributed by atoms with E-state index in [9.17, 15) is 4.79 Å². The minimum Gasteiger partial charge on any atom is -0.353 e. The molecule has 3 aromatic heterocycles. The Bertz CT molecular complexity index is 857. The molecule has 7 nitrogen and oxygen atoms in total. The molecule has 1 fully saturated rings. The average Bonchev–Trinajstić information content (AvgIpc) is 3.33. The molecule has 0 atom stereocenters. The van der Waals surface area contributed by atoms with Gasteiger partial charge in [-0.1, -0.05) is 0 Å². The molecule has 9 heteroatoms. The molecule has 0 bridgehead atoms. The number of fused-ring (bicyclic) bond motifs is 1. The lowest BCUT2D eigenvalue weighted by Gasteiger charge is -2.35. The van der Waals surface area contributed by atoms with Gasteiger partial charge in [-0.25, -0.2) is 15.0 Å². The number of piperazine rings is 1. The van der Waals surface area contributed by atoms with Crippen LogP contribution in [0.3, 0.4) is 0 Å². The Labute approximate surface area is 153 Å². The van der Waals surface area contributed by atoms with Crippen molar-refractivity contribution >= 4 is 49.7 Å². The van der Waals surface area contributed by atoms with Crippen molar-refractivity contribution in [2.45, 2.75) is 0 Å². The Morgan fingerprint density at radius 2 is 2.00 bits per heavy atom. The van der Waals surface area contributed by atoms with Crippen molar-refractivity contribution in [2.24, 2.45) is 0 Å². The Balaban J connectivity index is 1.37. The quantitative estimate of drug-likeness (QED) is 0.695. The van der Waals surface area contributed by atoms with Crippen LogP contribution in [0.5, 0.6) is 0 Å². The predicted molar refractivity (Wildman–Crippen MR) is 102 cm³/mol. The third-order valence-corrected chi connectivity index (χ3v) is 6.02. The van der Waals surface area contributed by atoms with E-state index in [1.807, 2.05) is 10.8 Å². The molecule has 1 amide bonds. The molecule has 4 rings (SSSR count). The molecule has 0 saturated carbocycles. The number of amides is 1. The summed E-state index contributed by atoms with van der Waals surface area (Å²) >= 11 is 3.11. The van der Waals surface area contributed by atoms with Crippen LogP contribution in [0.2, 0.25) is 0 Å². The maximum atomic E-state index is 12.4. The molecule has 0 N–H and O–H groups in total. The van der Waals surface area contributed by atoms with Crippen LogP contribution < -0.4 is 9.80 Å². The van der Waals surface area contributed by atoms with E-state index < -0.39 is 0 Å². The van der Waals surface area contributed by atoms with Crippen molar-refractivity contribution in [3.8, 4) is 0 Å². The first kappa shape index (κ1) is 16.4. The first-order valence-electron chi connectivity index (χ1n) is 8.04. The zero-order chi connectivity index (χ0) is 17.2. The van der Waals surface area contributed by atoms with Crippen LogP contribution in [-0.4, -0.2) is 65.5 Å². The number of carbonyl (C=O) groups excluding carboxylic acids is 1. The van der Waals surface area contributed by atoms with E-state index in [0.717, 1.165) is 47.3 Å². The van der Waals surface area contributed by atoms with Gasteiger partial charge in [0, 0.05) is 44.8 Å². The highest BCUT2D eigenvalue weighted by atomic mass is 32.1. The molecule has 4 heterocycles. The van der Waals surface area contributed by atoms with Gasteiger partial charge in [-0.05, 0) is 11.4 Å². The second-order valence-electron chi connectivity index (χ2n) is 5.87. The lowest BCUT2D eigenvalue weighted by atomic mass is 10.2. The Kier molecular flexibility index (Phi) is 4.60. The number of carbonyl (C=O) groups is 1. The van der Waals surface area contributed by atoms with Crippen LogP contribution in [0.25, 0.3) is 10.2 Å². The highest BCUT2D eigenvalue weighted by Crippen LogP contribution is 2.27. The van der Waals surface area contributed by atoms with Gasteiger partial charge in [0.1, 0.15) is 17.0 Å². The third-order valence-electron chi connectivity index (χ3n) is 4.35. The maximum absolute atomic E-state index is 12.4. The van der Waals surface area contributed by atoms with E-state index in [4.69, 9.17) is 0 Å². The molecule has 0 unspecified atom stereocenters. The third kappa shape index (κ3) is 3.35. The summed E-state index contributed by atoms with van der Waals surface area (Å²) in [6, 6.07) is 2.08. The Hall–Kier alpha value is -2.10. The summed E-state index contributed by atoms with van der Waals surface area (Å²) in [6.07, 6.45) is 3.35. The van der Waals surface area contributed by atoms with Gasteiger partial charge in [-0.3, -0.25) is 14.6 Å². The molecular weight excluding hydrogens is 356 g/mol. The van der Waals surface area contributed by atoms with Crippen molar-refractivity contribution in [3.05, 3.63) is 29.4 Å². The summed E-state index contributed by atoms with van der Waals surface area (Å²) in [6.45, 7) is 3.81. The number of nitrogens with zero attached hydrogens (tertiary/aromatic N) is 6. The van der Waals surface area contributed by atoms with Gasteiger partial charge < -0.3 is 4.90 Å². The molecular formula is C16H18N6OS2. The van der Waals surface area contributed by atoms with E-state index in [1.165, 1.54) is 11.3 Å². The van der Waals surface area contributed by atoms with Crippen LogP contribution in [0, 0.1) is 0 Å². The van der Waals surface area contributed by atoms with E-state index >= 15 is 0 Å². The van der Waals surface area contributed by atoms with E-state index in [2.05, 4.69) is 30.8 Å². The number of hydrogen-bond donors (Lipinski definition) is 0. The number of aromatic nitrogens is 3. The van der Waals surface area contributed by atoms with Gasteiger partial charge >= 0.3 is 0 Å². The van der Waals surface area contributed by atoms with Crippen molar-refractivity contribution in [3.63, 3.8) is 0 Å². The van der Waals surface area contributed by atoms with Crippen molar-refractivity contribution in [1.82, 2.24) is 19.9 Å².